The van der Waals surface area contributed by atoms with Gasteiger partial charge in [0.25, 0.3) is 11.8 Å². The topological polar surface area (TPSA) is 68.1 Å². The van der Waals surface area contributed by atoms with E-state index in [2.05, 4.69) is 44.9 Å². The molecular formula is C42H26N4O2. The lowest BCUT2D eigenvalue weighted by Crippen LogP contribution is -2.30. The maximum absolute atomic E-state index is 14.8. The Bertz CT molecular complexity index is 2540. The molecule has 0 atom stereocenters. The molecule has 0 saturated carbocycles. The molecule has 0 radical (unpaired) electrons. The van der Waals surface area contributed by atoms with E-state index in [1.165, 1.54) is 11.2 Å². The first-order valence-corrected chi connectivity index (χ1v) is 15.7. The first kappa shape index (κ1) is 27.6. The maximum Gasteiger partial charge on any atom is 0.268 e. The van der Waals surface area contributed by atoms with Crippen molar-refractivity contribution in [3.63, 3.8) is 0 Å². The van der Waals surface area contributed by atoms with E-state index in [1.807, 2.05) is 103 Å². The van der Waals surface area contributed by atoms with Gasteiger partial charge in [-0.15, -0.1) is 0 Å². The van der Waals surface area contributed by atoms with E-state index in [9.17, 15) is 9.59 Å². The lowest BCUT2D eigenvalue weighted by atomic mass is 9.92. The van der Waals surface area contributed by atoms with Gasteiger partial charge in [-0.2, -0.15) is 0 Å². The summed E-state index contributed by atoms with van der Waals surface area (Å²) in [6, 6.07) is 45.8. The number of anilines is 1. The van der Waals surface area contributed by atoms with E-state index in [4.69, 9.17) is 0 Å². The Balaban J connectivity index is 1.27. The van der Waals surface area contributed by atoms with Gasteiger partial charge >= 0.3 is 0 Å². The van der Waals surface area contributed by atoms with Gasteiger partial charge in [0.2, 0.25) is 0 Å². The van der Waals surface area contributed by atoms with Crippen molar-refractivity contribution in [3.8, 4) is 39.1 Å². The number of aromatic nitrogens is 3. The predicted octanol–water partition coefficient (Wildman–Crippen LogP) is 9.38. The Morgan fingerprint density at radius 3 is 1.85 bits per heavy atom. The van der Waals surface area contributed by atoms with Crippen molar-refractivity contribution in [2.75, 3.05) is 4.90 Å². The van der Waals surface area contributed by atoms with Gasteiger partial charge in [0, 0.05) is 34.3 Å². The third kappa shape index (κ3) is 4.20. The summed E-state index contributed by atoms with van der Waals surface area (Å²) in [6.45, 7) is 0. The molecule has 1 aliphatic rings. The molecule has 0 N–H and O–H groups in total. The highest BCUT2D eigenvalue weighted by molar-refractivity contribution is 6.36. The van der Waals surface area contributed by atoms with E-state index in [-0.39, 0.29) is 11.8 Å². The van der Waals surface area contributed by atoms with E-state index < -0.39 is 0 Å². The number of para-hydroxylation sites is 1. The van der Waals surface area contributed by atoms with E-state index in [1.54, 1.807) is 18.5 Å². The summed E-state index contributed by atoms with van der Waals surface area (Å²) in [4.78, 5) is 39.0. The fourth-order valence-electron chi connectivity index (χ4n) is 7.02. The van der Waals surface area contributed by atoms with Crippen molar-refractivity contribution in [1.29, 1.82) is 0 Å². The summed E-state index contributed by atoms with van der Waals surface area (Å²) in [5.41, 5.74) is 9.34. The number of carbonyl (C=O) groups excluding carboxylic acids is 2. The lowest BCUT2D eigenvalue weighted by Gasteiger charge is -2.22. The molecule has 0 aliphatic carbocycles. The van der Waals surface area contributed by atoms with Gasteiger partial charge < -0.3 is 4.57 Å². The van der Waals surface area contributed by atoms with Gasteiger partial charge in [-0.05, 0) is 52.6 Å². The number of fused-ring (bicyclic) bond motifs is 4. The van der Waals surface area contributed by atoms with Gasteiger partial charge in [0.1, 0.15) is 6.33 Å². The highest BCUT2D eigenvalue weighted by Gasteiger charge is 2.40. The van der Waals surface area contributed by atoms with Crippen LogP contribution in [0.4, 0.5) is 5.69 Å². The summed E-state index contributed by atoms with van der Waals surface area (Å²) in [5, 5.41) is 2.09. The van der Waals surface area contributed by atoms with E-state index in [0.717, 1.165) is 55.2 Å². The van der Waals surface area contributed by atoms with Crippen molar-refractivity contribution >= 4 is 39.3 Å². The van der Waals surface area contributed by atoms with Crippen LogP contribution in [0, 0.1) is 0 Å². The largest absolute Gasteiger partial charge is 0.308 e. The zero-order valence-electron chi connectivity index (χ0n) is 25.6. The summed E-state index contributed by atoms with van der Waals surface area (Å²) in [5.74, 6) is -0.700. The van der Waals surface area contributed by atoms with Gasteiger partial charge in [0.15, 0.2) is 0 Å². The first-order valence-electron chi connectivity index (χ1n) is 15.7. The molecular weight excluding hydrogens is 592 g/mol. The quantitative estimate of drug-likeness (QED) is 0.180. The molecule has 3 heterocycles. The smallest absolute Gasteiger partial charge is 0.268 e. The van der Waals surface area contributed by atoms with Crippen molar-refractivity contribution in [2.45, 2.75) is 0 Å². The van der Waals surface area contributed by atoms with Gasteiger partial charge in [-0.25, -0.2) is 14.9 Å². The van der Waals surface area contributed by atoms with Crippen LogP contribution in [0.3, 0.4) is 0 Å². The molecule has 9 rings (SSSR count). The van der Waals surface area contributed by atoms with Gasteiger partial charge in [-0.3, -0.25) is 9.59 Å². The predicted molar refractivity (Wildman–Crippen MR) is 190 cm³/mol. The zero-order valence-corrected chi connectivity index (χ0v) is 25.6. The summed E-state index contributed by atoms with van der Waals surface area (Å²) < 4.78 is 2.10. The Hall–Kier alpha value is -6.66. The van der Waals surface area contributed by atoms with E-state index in [0.29, 0.717) is 22.5 Å². The molecule has 0 unspecified atom stereocenters. The Labute approximate surface area is 276 Å². The second kappa shape index (κ2) is 11.0. The summed E-state index contributed by atoms with van der Waals surface area (Å²) in [7, 11) is 0. The molecule has 6 aromatic carbocycles. The molecule has 226 valence electrons. The standard InChI is InChI=1S/C42H26N4O2/c47-41-34-17-10-20-37(45-35-18-8-7-15-32(35)33-22-21-29(23-38(33)45)30-24-43-26-44-25-30)40(34)42(48)46(41)36-19-9-16-31(27-11-3-1-4-12-27)39(36)28-13-5-2-6-14-28/h1-26H. The normalized spacial score (nSPS) is 12.6. The van der Waals surface area contributed by atoms with Crippen molar-refractivity contribution < 1.29 is 9.59 Å². The minimum atomic E-state index is -0.355. The number of rotatable bonds is 5. The van der Waals surface area contributed by atoms with Crippen LogP contribution in [0.1, 0.15) is 20.7 Å². The SMILES string of the molecule is O=C1c2cccc(-n3c4ccccc4c4ccc(-c5cncnc5)cc43)c2C(=O)N1c1cccc(-c2ccccc2)c1-c1ccccc1. The highest BCUT2D eigenvalue weighted by Crippen LogP contribution is 2.44. The molecule has 0 saturated heterocycles. The number of benzene rings is 6. The molecule has 1 aliphatic heterocycles. The van der Waals surface area contributed by atoms with Crippen LogP contribution in [0.15, 0.2) is 158 Å². The third-order valence-electron chi connectivity index (χ3n) is 9.13. The van der Waals surface area contributed by atoms with Crippen LogP contribution in [-0.2, 0) is 0 Å². The monoisotopic (exact) mass is 618 g/mol. The zero-order chi connectivity index (χ0) is 32.2. The number of hydrogen-bond donors (Lipinski definition) is 0. The van der Waals surface area contributed by atoms with Crippen molar-refractivity contribution in [3.05, 3.63) is 169 Å². The molecule has 0 fully saturated rings. The average Bonchev–Trinajstić information content (AvgIpc) is 3.62. The Morgan fingerprint density at radius 1 is 0.438 bits per heavy atom. The minimum absolute atomic E-state index is 0.345. The second-order valence-corrected chi connectivity index (χ2v) is 11.8. The van der Waals surface area contributed by atoms with Gasteiger partial charge in [-0.1, -0.05) is 109 Å². The number of nitrogens with zero attached hydrogens (tertiary/aromatic N) is 4. The molecule has 0 bridgehead atoms. The van der Waals surface area contributed by atoms with Gasteiger partial charge in [0.05, 0.1) is 33.5 Å². The lowest BCUT2D eigenvalue weighted by molar-refractivity contribution is 0.0926. The van der Waals surface area contributed by atoms with Crippen LogP contribution >= 0.6 is 0 Å². The number of carbonyl (C=O) groups is 2. The third-order valence-corrected chi connectivity index (χ3v) is 9.13. The van der Waals surface area contributed by atoms with Crippen LogP contribution in [0.2, 0.25) is 0 Å². The minimum Gasteiger partial charge on any atom is -0.308 e. The first-order chi connectivity index (χ1) is 23.7. The Morgan fingerprint density at radius 2 is 1.08 bits per heavy atom. The highest BCUT2D eigenvalue weighted by atomic mass is 16.2. The van der Waals surface area contributed by atoms with Crippen LogP contribution in [-0.4, -0.2) is 26.3 Å². The average molecular weight is 619 g/mol. The molecule has 48 heavy (non-hydrogen) atoms. The summed E-state index contributed by atoms with van der Waals surface area (Å²) >= 11 is 0. The fourth-order valence-corrected chi connectivity index (χ4v) is 7.02. The second-order valence-electron chi connectivity index (χ2n) is 11.8. The molecule has 2 amide bonds. The number of amides is 2. The number of hydrogen-bond acceptors (Lipinski definition) is 4. The van der Waals surface area contributed by atoms with E-state index >= 15 is 0 Å². The van der Waals surface area contributed by atoms with Crippen molar-refractivity contribution in [2.24, 2.45) is 0 Å². The maximum atomic E-state index is 14.8. The van der Waals surface area contributed by atoms with Crippen molar-refractivity contribution in [1.82, 2.24) is 14.5 Å². The molecule has 6 heteroatoms. The summed E-state index contributed by atoms with van der Waals surface area (Å²) in [6.07, 6.45) is 5.09. The molecule has 0 spiro atoms. The van der Waals surface area contributed by atoms with Crippen LogP contribution in [0.25, 0.3) is 60.9 Å². The van der Waals surface area contributed by atoms with Crippen LogP contribution < -0.4 is 4.90 Å². The fraction of sp³-hybridized carbons (Fsp3) is 0. The molecule has 6 nitrogen and oxygen atoms in total. The molecule has 8 aromatic rings. The Kier molecular flexibility index (Phi) is 6.33. The number of imide groups is 1. The van der Waals surface area contributed by atoms with Crippen LogP contribution in [0.5, 0.6) is 0 Å². The molecule has 2 aromatic heterocycles.